The van der Waals surface area contributed by atoms with Crippen LogP contribution in [0.15, 0.2) is 77.3 Å². The Morgan fingerprint density at radius 2 is 1.79 bits per heavy atom. The molecule has 3 aromatic rings. The molecular formula is C28H27BrN6O6S2. The predicted molar refractivity (Wildman–Crippen MR) is 166 cm³/mol. The van der Waals surface area contributed by atoms with Crippen LogP contribution in [0.4, 0.5) is 5.13 Å². The number of benzene rings is 2. The molecule has 0 bridgehead atoms. The van der Waals surface area contributed by atoms with E-state index in [0.717, 1.165) is 11.1 Å². The summed E-state index contributed by atoms with van der Waals surface area (Å²) >= 11 is 5.50. The van der Waals surface area contributed by atoms with E-state index in [9.17, 15) is 24.4 Å². The number of carbonyl (C=O) groups excluding carboxylic acids is 3. The van der Waals surface area contributed by atoms with Crippen molar-refractivity contribution in [1.29, 1.82) is 0 Å². The van der Waals surface area contributed by atoms with Gasteiger partial charge in [-0.2, -0.15) is 0 Å². The van der Waals surface area contributed by atoms with Gasteiger partial charge in [0.2, 0.25) is 16.7 Å². The van der Waals surface area contributed by atoms with Gasteiger partial charge in [-0.15, -0.1) is 26.9 Å². The third-order valence-electron chi connectivity index (χ3n) is 7.10. The van der Waals surface area contributed by atoms with Crippen molar-refractivity contribution in [3.05, 3.63) is 93.2 Å². The molecule has 0 radical (unpaired) electrons. The summed E-state index contributed by atoms with van der Waals surface area (Å²) in [7, 11) is 3.64. The number of nitrogens with zero attached hydrogens (tertiary/aromatic N) is 5. The number of hydrogen-bond acceptors (Lipinski definition) is 12. The molecule has 12 nitrogen and oxygen atoms in total. The van der Waals surface area contributed by atoms with Gasteiger partial charge < -0.3 is 25.0 Å². The van der Waals surface area contributed by atoms with Gasteiger partial charge in [-0.3, -0.25) is 14.4 Å². The minimum atomic E-state index is -1.34. The number of nitroso groups, excluding NO2 is 1. The molecule has 0 saturated carbocycles. The standard InChI is InChI=1S/C28H27BrN6O6S2/c1-34(2)27-32-31-25(43-27)28(26(39)41-21(16-9-5-3-6-10-16)17-11-7-4-8-12-17)14-35-23(38)20(24(35)42-15-28)30-22(37)19(33-40)18(36)13-29/h3-12,20-21,24,36H,13-15H2,1-2H3,(H,30,37)/t20?,24-,28?/m1/s1. The Balaban J connectivity index is 1.45. The van der Waals surface area contributed by atoms with Crippen molar-refractivity contribution in [3.63, 3.8) is 0 Å². The van der Waals surface area contributed by atoms with E-state index < -0.39 is 52.2 Å². The van der Waals surface area contributed by atoms with Gasteiger partial charge in [0.05, 0.1) is 5.33 Å². The first-order valence-electron chi connectivity index (χ1n) is 13.1. The summed E-state index contributed by atoms with van der Waals surface area (Å²) in [6.45, 7) is -0.0473. The Kier molecular flexibility index (Phi) is 9.13. The summed E-state index contributed by atoms with van der Waals surface area (Å²) in [5.41, 5.74) is -0.484. The van der Waals surface area contributed by atoms with Crippen LogP contribution in [0.5, 0.6) is 0 Å². The maximum Gasteiger partial charge on any atom is 0.322 e. The highest BCUT2D eigenvalue weighted by molar-refractivity contribution is 9.09. The number of carbonyl (C=O) groups is 3. The molecule has 3 atom stereocenters. The van der Waals surface area contributed by atoms with Crippen molar-refractivity contribution in [1.82, 2.24) is 20.4 Å². The molecule has 1 aromatic heterocycles. The summed E-state index contributed by atoms with van der Waals surface area (Å²) in [6.07, 6.45) is -0.710. The van der Waals surface area contributed by atoms with E-state index in [0.29, 0.717) is 10.1 Å². The second kappa shape index (κ2) is 12.8. The largest absolute Gasteiger partial charge is 0.509 e. The number of fused-ring (bicyclic) bond motifs is 1. The molecule has 5 rings (SSSR count). The molecule has 2 N–H and O–H groups in total. The van der Waals surface area contributed by atoms with E-state index in [1.54, 1.807) is 4.90 Å². The molecule has 2 fully saturated rings. The van der Waals surface area contributed by atoms with Crippen molar-refractivity contribution in [2.24, 2.45) is 5.18 Å². The van der Waals surface area contributed by atoms with Crippen LogP contribution in [-0.4, -0.2) is 81.1 Å². The predicted octanol–water partition coefficient (Wildman–Crippen LogP) is 3.51. The number of aliphatic hydroxyl groups is 1. The normalized spacial score (nSPS) is 21.8. The average Bonchev–Trinajstić information content (AvgIpc) is 3.54. The van der Waals surface area contributed by atoms with E-state index in [1.807, 2.05) is 74.8 Å². The molecule has 2 unspecified atom stereocenters. The summed E-state index contributed by atoms with van der Waals surface area (Å²) in [4.78, 5) is 54.6. The molecule has 43 heavy (non-hydrogen) atoms. The van der Waals surface area contributed by atoms with Crippen molar-refractivity contribution in [3.8, 4) is 0 Å². The first kappa shape index (κ1) is 30.6. The van der Waals surface area contributed by atoms with Crippen LogP contribution in [0.2, 0.25) is 0 Å². The molecule has 0 aliphatic carbocycles. The van der Waals surface area contributed by atoms with Crippen molar-refractivity contribution in [2.45, 2.75) is 22.9 Å². The zero-order chi connectivity index (χ0) is 30.7. The molecule has 224 valence electrons. The zero-order valence-corrected chi connectivity index (χ0v) is 26.3. The highest BCUT2D eigenvalue weighted by Crippen LogP contribution is 2.46. The number of halogens is 1. The smallest absolute Gasteiger partial charge is 0.322 e. The number of hydrogen-bond donors (Lipinski definition) is 2. The van der Waals surface area contributed by atoms with E-state index in [1.165, 1.54) is 28.0 Å². The number of anilines is 1. The number of rotatable bonds is 10. The first-order valence-corrected chi connectivity index (χ1v) is 16.1. The van der Waals surface area contributed by atoms with Gasteiger partial charge in [0.25, 0.3) is 5.91 Å². The van der Waals surface area contributed by atoms with Crippen molar-refractivity contribution >= 4 is 61.9 Å². The Bertz CT molecular complexity index is 1520. The van der Waals surface area contributed by atoms with E-state index in [2.05, 4.69) is 36.6 Å². The summed E-state index contributed by atoms with van der Waals surface area (Å²) in [5.74, 6) is -2.34. The molecular weight excluding hydrogens is 660 g/mol. The number of esters is 1. The fourth-order valence-corrected chi connectivity index (χ4v) is 7.63. The summed E-state index contributed by atoms with van der Waals surface area (Å²) in [6, 6.07) is 17.8. The number of aromatic nitrogens is 2. The minimum absolute atomic E-state index is 0.0473. The van der Waals surface area contributed by atoms with Crippen LogP contribution in [0.3, 0.4) is 0 Å². The highest BCUT2D eigenvalue weighted by atomic mass is 79.9. The maximum absolute atomic E-state index is 14.3. The van der Waals surface area contributed by atoms with E-state index in [-0.39, 0.29) is 17.6 Å². The fraction of sp³-hybridized carbons (Fsp3) is 0.321. The maximum atomic E-state index is 14.3. The Labute approximate surface area is 263 Å². The Hall–Kier alpha value is -3.82. The molecule has 2 saturated heterocycles. The SMILES string of the molecule is CN(C)c1nnc(C2(C(=O)OC(c3ccccc3)c3ccccc3)CS[C@@H]3C(NC(=O)C(N=O)=C(O)CBr)C(=O)N3C2)s1. The van der Waals surface area contributed by atoms with Gasteiger partial charge in [0, 0.05) is 26.4 Å². The lowest BCUT2D eigenvalue weighted by Crippen LogP contribution is -2.74. The molecule has 2 aromatic carbocycles. The van der Waals surface area contributed by atoms with Crippen LogP contribution in [0, 0.1) is 4.91 Å². The van der Waals surface area contributed by atoms with Crippen LogP contribution >= 0.6 is 39.0 Å². The molecule has 2 aliphatic rings. The van der Waals surface area contributed by atoms with Crippen molar-refractivity contribution < 1.29 is 24.2 Å². The first-order chi connectivity index (χ1) is 20.7. The van der Waals surface area contributed by atoms with E-state index >= 15 is 0 Å². The van der Waals surface area contributed by atoms with Gasteiger partial charge in [0.1, 0.15) is 27.6 Å². The molecule has 3 heterocycles. The molecule has 15 heteroatoms. The highest BCUT2D eigenvalue weighted by Gasteiger charge is 2.60. The number of thioether (sulfide) groups is 1. The number of amides is 2. The quantitative estimate of drug-likeness (QED) is 0.0809. The zero-order valence-electron chi connectivity index (χ0n) is 23.0. The van der Waals surface area contributed by atoms with E-state index in [4.69, 9.17) is 4.74 Å². The lowest BCUT2D eigenvalue weighted by atomic mass is 9.87. The lowest BCUT2D eigenvalue weighted by Gasteiger charge is -2.53. The van der Waals surface area contributed by atoms with Gasteiger partial charge in [-0.1, -0.05) is 87.9 Å². The average molecular weight is 688 g/mol. The number of allylic oxidation sites excluding steroid dienone is 1. The number of β-lactam (4-membered cyclic amide) rings is 1. The number of aliphatic hydroxyl groups excluding tert-OH is 1. The lowest BCUT2D eigenvalue weighted by molar-refractivity contribution is -0.160. The molecule has 2 amide bonds. The van der Waals surface area contributed by atoms with Gasteiger partial charge in [-0.25, -0.2) is 0 Å². The Morgan fingerprint density at radius 3 is 2.33 bits per heavy atom. The summed E-state index contributed by atoms with van der Waals surface area (Å²) < 4.78 is 6.29. The van der Waals surface area contributed by atoms with Gasteiger partial charge in [0.15, 0.2) is 6.10 Å². The molecule has 2 aliphatic heterocycles. The fourth-order valence-electron chi connectivity index (χ4n) is 4.81. The topological polar surface area (TPSA) is 154 Å². The number of ether oxygens (including phenoxy) is 1. The third kappa shape index (κ3) is 5.88. The van der Waals surface area contributed by atoms with Gasteiger partial charge in [-0.05, 0) is 16.3 Å². The second-order valence-corrected chi connectivity index (χ2v) is 12.7. The van der Waals surface area contributed by atoms with Crippen LogP contribution in [0.1, 0.15) is 22.2 Å². The second-order valence-electron chi connectivity index (χ2n) is 10.1. The monoisotopic (exact) mass is 686 g/mol. The Morgan fingerprint density at radius 1 is 1.16 bits per heavy atom. The van der Waals surface area contributed by atoms with Gasteiger partial charge >= 0.3 is 5.97 Å². The minimum Gasteiger partial charge on any atom is -0.509 e. The van der Waals surface area contributed by atoms with Crippen LogP contribution < -0.4 is 10.2 Å². The third-order valence-corrected chi connectivity index (χ3v) is 10.5. The summed E-state index contributed by atoms with van der Waals surface area (Å²) in [5, 5.41) is 23.9. The van der Waals surface area contributed by atoms with Crippen molar-refractivity contribution in [2.75, 3.05) is 36.6 Å². The van der Waals surface area contributed by atoms with Crippen LogP contribution in [0.25, 0.3) is 0 Å². The van der Waals surface area contributed by atoms with Crippen LogP contribution in [-0.2, 0) is 24.5 Å². The molecule has 0 spiro atoms. The number of alkyl halides is 1. The number of nitrogens with one attached hydrogen (secondary N) is 1.